The van der Waals surface area contributed by atoms with E-state index in [1.54, 1.807) is 25.0 Å². The molecule has 0 aliphatic carbocycles. The minimum atomic E-state index is -0.438. The Kier molecular flexibility index (Phi) is 7.63. The lowest BCUT2D eigenvalue weighted by Crippen LogP contribution is -2.59. The predicted molar refractivity (Wildman–Crippen MR) is 121 cm³/mol. The van der Waals surface area contributed by atoms with Gasteiger partial charge in [-0.2, -0.15) is 5.10 Å². The van der Waals surface area contributed by atoms with Crippen molar-refractivity contribution in [2.24, 2.45) is 0 Å². The van der Waals surface area contributed by atoms with Crippen LogP contribution < -0.4 is 15.6 Å². The van der Waals surface area contributed by atoms with Crippen molar-refractivity contribution in [3.8, 4) is 5.75 Å². The number of ether oxygens (including phenoxy) is 1. The van der Waals surface area contributed by atoms with Gasteiger partial charge in [-0.05, 0) is 50.6 Å². The molecule has 1 fully saturated rings. The molecule has 1 unspecified atom stereocenters. The molecule has 1 aromatic carbocycles. The first kappa shape index (κ1) is 23.5. The summed E-state index contributed by atoms with van der Waals surface area (Å²) in [7, 11) is 3.53. The lowest BCUT2D eigenvalue weighted by Gasteiger charge is -2.38. The van der Waals surface area contributed by atoms with Gasteiger partial charge >= 0.3 is 0 Å². The predicted octanol–water partition coefficient (Wildman–Crippen LogP) is 0.370. The van der Waals surface area contributed by atoms with Crippen LogP contribution in [0.4, 0.5) is 0 Å². The fourth-order valence-electron chi connectivity index (χ4n) is 3.82. The molecule has 1 saturated heterocycles. The van der Waals surface area contributed by atoms with Crippen LogP contribution in [-0.4, -0.2) is 77.8 Å². The number of nitrogens with one attached hydrogen (secondary N) is 1. The quantitative estimate of drug-likeness (QED) is 0.667. The summed E-state index contributed by atoms with van der Waals surface area (Å²) in [4.78, 5) is 41.1. The standard InChI is InChI=1S/C23H31N5O4/c1-16-13-18(6-7-20(16)32-4)9-10-24-23(31)19-14-27(12-11-26(19)3)22(30)15-28-21(29)8-5-17(2)25-28/h5-8,13,19H,9-12,14-15H2,1-4H3,(H,24,31). The van der Waals surface area contributed by atoms with Crippen LogP contribution in [0.25, 0.3) is 0 Å². The number of aromatic nitrogens is 2. The Balaban J connectivity index is 1.55. The molecule has 2 aromatic rings. The summed E-state index contributed by atoms with van der Waals surface area (Å²) in [6.07, 6.45) is 0.706. The van der Waals surface area contributed by atoms with Crippen LogP contribution in [0.1, 0.15) is 16.8 Å². The van der Waals surface area contributed by atoms with Crippen LogP contribution in [0.15, 0.2) is 35.1 Å². The topological polar surface area (TPSA) is 96.8 Å². The number of carbonyl (C=O) groups excluding carboxylic acids is 2. The fraction of sp³-hybridized carbons (Fsp3) is 0.478. The Bertz CT molecular complexity index is 1040. The van der Waals surface area contributed by atoms with Crippen LogP contribution in [0.3, 0.4) is 0 Å². The van der Waals surface area contributed by atoms with E-state index < -0.39 is 6.04 Å². The Morgan fingerprint density at radius 2 is 1.97 bits per heavy atom. The molecule has 0 spiro atoms. The number of benzene rings is 1. The van der Waals surface area contributed by atoms with E-state index in [2.05, 4.69) is 16.5 Å². The van der Waals surface area contributed by atoms with Crippen molar-refractivity contribution in [3.63, 3.8) is 0 Å². The van der Waals surface area contributed by atoms with Crippen LogP contribution >= 0.6 is 0 Å². The third-order valence-electron chi connectivity index (χ3n) is 5.76. The largest absolute Gasteiger partial charge is 0.496 e. The highest BCUT2D eigenvalue weighted by Crippen LogP contribution is 2.18. The number of hydrogen-bond acceptors (Lipinski definition) is 6. The normalized spacial score (nSPS) is 16.6. The van der Waals surface area contributed by atoms with Crippen molar-refractivity contribution in [1.29, 1.82) is 0 Å². The number of hydrogen-bond donors (Lipinski definition) is 1. The van der Waals surface area contributed by atoms with E-state index in [1.807, 2.05) is 31.0 Å². The summed E-state index contributed by atoms with van der Waals surface area (Å²) < 4.78 is 6.45. The number of piperazine rings is 1. The van der Waals surface area contributed by atoms with Crippen LogP contribution in [0, 0.1) is 13.8 Å². The molecule has 1 atom stereocenters. The first-order valence-electron chi connectivity index (χ1n) is 10.7. The monoisotopic (exact) mass is 441 g/mol. The molecule has 32 heavy (non-hydrogen) atoms. The van der Waals surface area contributed by atoms with Gasteiger partial charge in [0.25, 0.3) is 5.56 Å². The molecule has 1 aromatic heterocycles. The molecule has 2 amide bonds. The number of carbonyl (C=O) groups is 2. The second kappa shape index (κ2) is 10.4. The first-order valence-corrected chi connectivity index (χ1v) is 10.7. The lowest BCUT2D eigenvalue weighted by atomic mass is 10.1. The zero-order valence-corrected chi connectivity index (χ0v) is 19.1. The maximum absolute atomic E-state index is 12.8. The van der Waals surface area contributed by atoms with Crippen molar-refractivity contribution in [2.75, 3.05) is 40.3 Å². The lowest BCUT2D eigenvalue weighted by molar-refractivity contribution is -0.138. The van der Waals surface area contributed by atoms with Crippen molar-refractivity contribution in [2.45, 2.75) is 32.9 Å². The van der Waals surface area contributed by atoms with E-state index >= 15 is 0 Å². The Morgan fingerprint density at radius 3 is 2.69 bits per heavy atom. The number of methoxy groups -OCH3 is 1. The second-order valence-corrected chi connectivity index (χ2v) is 8.15. The average molecular weight is 442 g/mol. The third kappa shape index (κ3) is 5.73. The molecular formula is C23H31N5O4. The molecule has 2 heterocycles. The Morgan fingerprint density at radius 1 is 1.19 bits per heavy atom. The molecule has 3 rings (SSSR count). The van der Waals surface area contributed by atoms with Gasteiger partial charge in [-0.25, -0.2) is 4.68 Å². The molecule has 172 valence electrons. The first-order chi connectivity index (χ1) is 15.3. The van der Waals surface area contributed by atoms with Gasteiger partial charge in [-0.15, -0.1) is 0 Å². The zero-order chi connectivity index (χ0) is 23.3. The van der Waals surface area contributed by atoms with Crippen molar-refractivity contribution >= 4 is 11.8 Å². The smallest absolute Gasteiger partial charge is 0.267 e. The van der Waals surface area contributed by atoms with Gasteiger partial charge in [0, 0.05) is 32.2 Å². The Hall–Kier alpha value is -3.20. The SMILES string of the molecule is COc1ccc(CCNC(=O)C2CN(C(=O)Cn3nc(C)ccc3=O)CCN2C)cc1C. The van der Waals surface area contributed by atoms with Gasteiger partial charge in [0.1, 0.15) is 18.3 Å². The summed E-state index contributed by atoms with van der Waals surface area (Å²) in [5.74, 6) is 0.514. The summed E-state index contributed by atoms with van der Waals surface area (Å²) in [6, 6.07) is 8.56. The number of nitrogens with zero attached hydrogens (tertiary/aromatic N) is 4. The molecule has 1 aliphatic rings. The van der Waals surface area contributed by atoms with Crippen molar-refractivity contribution < 1.29 is 14.3 Å². The minimum Gasteiger partial charge on any atom is -0.496 e. The summed E-state index contributed by atoms with van der Waals surface area (Å²) in [5, 5.41) is 7.11. The van der Waals surface area contributed by atoms with Gasteiger partial charge in [0.15, 0.2) is 0 Å². The van der Waals surface area contributed by atoms with Crippen LogP contribution in [-0.2, 0) is 22.6 Å². The van der Waals surface area contributed by atoms with Gasteiger partial charge in [0.2, 0.25) is 11.8 Å². The number of aryl methyl sites for hydroxylation is 2. The molecule has 9 nitrogen and oxygen atoms in total. The number of likely N-dealkylation sites (N-methyl/N-ethyl adjacent to an activating group) is 1. The highest BCUT2D eigenvalue weighted by atomic mass is 16.5. The molecule has 1 N–H and O–H groups in total. The van der Waals surface area contributed by atoms with Crippen LogP contribution in [0.2, 0.25) is 0 Å². The van der Waals surface area contributed by atoms with E-state index in [-0.39, 0.29) is 30.5 Å². The third-order valence-corrected chi connectivity index (χ3v) is 5.76. The van der Waals surface area contributed by atoms with Crippen LogP contribution in [0.5, 0.6) is 5.75 Å². The van der Waals surface area contributed by atoms with E-state index in [0.29, 0.717) is 31.7 Å². The van der Waals surface area contributed by atoms with Gasteiger partial charge in [0.05, 0.1) is 12.8 Å². The minimum absolute atomic E-state index is 0.110. The maximum Gasteiger partial charge on any atom is 0.267 e. The summed E-state index contributed by atoms with van der Waals surface area (Å²) >= 11 is 0. The van der Waals surface area contributed by atoms with E-state index in [4.69, 9.17) is 4.74 Å². The van der Waals surface area contributed by atoms with E-state index in [9.17, 15) is 14.4 Å². The molecular weight excluding hydrogens is 410 g/mol. The zero-order valence-electron chi connectivity index (χ0n) is 19.1. The number of rotatable bonds is 7. The number of amides is 2. The van der Waals surface area contributed by atoms with Gasteiger partial charge in [-0.1, -0.05) is 12.1 Å². The van der Waals surface area contributed by atoms with Crippen molar-refractivity contribution in [3.05, 3.63) is 57.5 Å². The van der Waals surface area contributed by atoms with Gasteiger partial charge < -0.3 is 15.0 Å². The maximum atomic E-state index is 12.8. The summed E-state index contributed by atoms with van der Waals surface area (Å²) in [6.45, 7) is 5.50. The summed E-state index contributed by atoms with van der Waals surface area (Å²) in [5.41, 5.74) is 2.52. The van der Waals surface area contributed by atoms with Crippen molar-refractivity contribution in [1.82, 2.24) is 24.9 Å². The molecule has 0 saturated carbocycles. The molecule has 9 heteroatoms. The fourth-order valence-corrected chi connectivity index (χ4v) is 3.82. The highest BCUT2D eigenvalue weighted by Gasteiger charge is 2.32. The molecule has 0 bridgehead atoms. The molecule has 1 aliphatic heterocycles. The van der Waals surface area contributed by atoms with E-state index in [0.717, 1.165) is 16.9 Å². The highest BCUT2D eigenvalue weighted by molar-refractivity contribution is 5.83. The average Bonchev–Trinajstić information content (AvgIpc) is 2.76. The molecule has 0 radical (unpaired) electrons. The van der Waals surface area contributed by atoms with E-state index in [1.165, 1.54) is 10.7 Å². The van der Waals surface area contributed by atoms with Gasteiger partial charge in [-0.3, -0.25) is 19.3 Å². The second-order valence-electron chi connectivity index (χ2n) is 8.15. The Labute approximate surface area is 188 Å².